The van der Waals surface area contributed by atoms with Gasteiger partial charge in [-0.15, -0.1) is 0 Å². The summed E-state index contributed by atoms with van der Waals surface area (Å²) in [6.07, 6.45) is 0. The molecule has 4 aromatic rings. The highest BCUT2D eigenvalue weighted by molar-refractivity contribution is 6.30. The molecule has 1 nitrogen and oxygen atoms in total. The predicted octanol–water partition coefficient (Wildman–Crippen LogP) is 6.84. The van der Waals surface area contributed by atoms with Crippen LogP contribution < -0.4 is 0 Å². The highest BCUT2D eigenvalue weighted by Gasteiger charge is 2.10. The second kappa shape index (κ2) is 6.34. The minimum atomic E-state index is 0.735. The summed E-state index contributed by atoms with van der Waals surface area (Å²) in [6, 6.07) is 25.1. The van der Waals surface area contributed by atoms with Gasteiger partial charge in [-0.2, -0.15) is 0 Å². The number of fused-ring (bicyclic) bond motifs is 1. The lowest BCUT2D eigenvalue weighted by molar-refractivity contribution is 1.38. The molecule has 0 N–H and O–H groups in total. The Balaban J connectivity index is 1.99. The fourth-order valence-corrected chi connectivity index (χ4v) is 3.21. The molecule has 2 heteroatoms. The van der Waals surface area contributed by atoms with Gasteiger partial charge in [0.15, 0.2) is 0 Å². The molecule has 0 bridgehead atoms. The Bertz CT molecular complexity index is 1050. The van der Waals surface area contributed by atoms with Crippen molar-refractivity contribution in [1.82, 2.24) is 4.98 Å². The fourth-order valence-electron chi connectivity index (χ4n) is 3.08. The molecular weight excluding hydrogens is 326 g/mol. The van der Waals surface area contributed by atoms with Crippen molar-refractivity contribution < 1.29 is 0 Å². The van der Waals surface area contributed by atoms with Crippen molar-refractivity contribution in [3.8, 4) is 22.4 Å². The van der Waals surface area contributed by atoms with Crippen LogP contribution >= 0.6 is 11.6 Å². The van der Waals surface area contributed by atoms with E-state index in [9.17, 15) is 0 Å². The normalized spacial score (nSPS) is 11.0. The molecule has 0 aliphatic rings. The van der Waals surface area contributed by atoms with Crippen molar-refractivity contribution in [1.29, 1.82) is 0 Å². The summed E-state index contributed by atoms with van der Waals surface area (Å²) in [6.45, 7) is 4.23. The Morgan fingerprint density at radius 2 is 1.32 bits per heavy atom. The largest absolute Gasteiger partial charge is 0.248 e. The van der Waals surface area contributed by atoms with Gasteiger partial charge >= 0.3 is 0 Å². The van der Waals surface area contributed by atoms with Gasteiger partial charge in [0.2, 0.25) is 0 Å². The van der Waals surface area contributed by atoms with Crippen molar-refractivity contribution in [3.05, 3.63) is 88.9 Å². The van der Waals surface area contributed by atoms with Crippen LogP contribution in [0.3, 0.4) is 0 Å². The minimum Gasteiger partial charge on any atom is -0.248 e. The molecule has 0 radical (unpaired) electrons. The van der Waals surface area contributed by atoms with Gasteiger partial charge in [-0.25, -0.2) is 4.98 Å². The number of pyridine rings is 1. The Kier molecular flexibility index (Phi) is 4.03. The van der Waals surface area contributed by atoms with Crippen LogP contribution in [0.15, 0.2) is 72.8 Å². The van der Waals surface area contributed by atoms with Crippen LogP contribution in [0, 0.1) is 13.8 Å². The predicted molar refractivity (Wildman–Crippen MR) is 107 cm³/mol. The van der Waals surface area contributed by atoms with E-state index in [1.165, 1.54) is 27.6 Å². The number of aryl methyl sites for hydroxylation is 2. The third-order valence-electron chi connectivity index (χ3n) is 4.47. The van der Waals surface area contributed by atoms with Gasteiger partial charge < -0.3 is 0 Å². The van der Waals surface area contributed by atoms with Gasteiger partial charge in [0, 0.05) is 16.0 Å². The molecule has 1 aromatic heterocycles. The van der Waals surface area contributed by atoms with E-state index in [2.05, 4.69) is 62.4 Å². The monoisotopic (exact) mass is 343 g/mol. The van der Waals surface area contributed by atoms with E-state index in [-0.39, 0.29) is 0 Å². The number of aromatic nitrogens is 1. The first-order valence-electron chi connectivity index (χ1n) is 8.34. The number of rotatable bonds is 2. The maximum atomic E-state index is 6.03. The zero-order valence-electron chi connectivity index (χ0n) is 14.3. The summed E-state index contributed by atoms with van der Waals surface area (Å²) in [5.74, 6) is 0. The Hall–Kier alpha value is -2.64. The van der Waals surface area contributed by atoms with E-state index in [0.717, 1.165) is 21.8 Å². The lowest BCUT2D eigenvalue weighted by Crippen LogP contribution is -1.91. The van der Waals surface area contributed by atoms with E-state index in [1.807, 2.05) is 24.3 Å². The van der Waals surface area contributed by atoms with Crippen molar-refractivity contribution in [2.75, 3.05) is 0 Å². The number of nitrogens with zero attached hydrogens (tertiary/aromatic N) is 1. The zero-order valence-corrected chi connectivity index (χ0v) is 15.0. The van der Waals surface area contributed by atoms with Crippen molar-refractivity contribution in [2.24, 2.45) is 0 Å². The highest BCUT2D eigenvalue weighted by Crippen LogP contribution is 2.33. The van der Waals surface area contributed by atoms with Gasteiger partial charge in [0.05, 0.1) is 11.2 Å². The van der Waals surface area contributed by atoms with E-state index in [4.69, 9.17) is 16.6 Å². The molecular formula is C23H18ClN. The second-order valence-electron chi connectivity index (χ2n) is 6.45. The molecule has 0 atom stereocenters. The van der Waals surface area contributed by atoms with E-state index < -0.39 is 0 Å². The zero-order chi connectivity index (χ0) is 17.4. The molecule has 122 valence electrons. The van der Waals surface area contributed by atoms with Crippen molar-refractivity contribution in [2.45, 2.75) is 13.8 Å². The second-order valence-corrected chi connectivity index (χ2v) is 6.89. The topological polar surface area (TPSA) is 12.9 Å². The first kappa shape index (κ1) is 15.9. The van der Waals surface area contributed by atoms with Crippen LogP contribution in [0.1, 0.15) is 11.1 Å². The van der Waals surface area contributed by atoms with Crippen molar-refractivity contribution >= 4 is 22.5 Å². The van der Waals surface area contributed by atoms with E-state index in [1.54, 1.807) is 0 Å². The molecule has 0 spiro atoms. The third kappa shape index (κ3) is 3.16. The van der Waals surface area contributed by atoms with E-state index in [0.29, 0.717) is 0 Å². The van der Waals surface area contributed by atoms with E-state index >= 15 is 0 Å². The van der Waals surface area contributed by atoms with Crippen LogP contribution in [0.25, 0.3) is 33.3 Å². The third-order valence-corrected chi connectivity index (χ3v) is 4.72. The quantitative estimate of drug-likeness (QED) is 0.388. The number of halogens is 1. The fraction of sp³-hybridized carbons (Fsp3) is 0.0870. The average Bonchev–Trinajstić information content (AvgIpc) is 2.62. The molecule has 4 rings (SSSR count). The standard InChI is InChI=1S/C23H18ClN/c1-15-3-6-17(7-4-15)20-14-23(18-8-10-19(24)11-9-18)25-22-12-5-16(2)13-21(20)22/h3-14H,1-2H3. The maximum Gasteiger partial charge on any atom is 0.0715 e. The highest BCUT2D eigenvalue weighted by atomic mass is 35.5. The smallest absolute Gasteiger partial charge is 0.0715 e. The Morgan fingerprint density at radius 3 is 2.04 bits per heavy atom. The Morgan fingerprint density at radius 1 is 0.680 bits per heavy atom. The van der Waals surface area contributed by atoms with Gasteiger partial charge in [-0.3, -0.25) is 0 Å². The van der Waals surface area contributed by atoms with Gasteiger partial charge in [0.1, 0.15) is 0 Å². The van der Waals surface area contributed by atoms with Gasteiger partial charge in [-0.05, 0) is 55.3 Å². The molecule has 0 fully saturated rings. The molecule has 0 saturated heterocycles. The molecule has 25 heavy (non-hydrogen) atoms. The van der Waals surface area contributed by atoms with Crippen LogP contribution in [-0.2, 0) is 0 Å². The van der Waals surface area contributed by atoms with Gasteiger partial charge in [0.25, 0.3) is 0 Å². The van der Waals surface area contributed by atoms with Crippen LogP contribution in [-0.4, -0.2) is 4.98 Å². The van der Waals surface area contributed by atoms with Crippen LogP contribution in [0.4, 0.5) is 0 Å². The number of benzene rings is 3. The summed E-state index contributed by atoms with van der Waals surface area (Å²) in [5, 5.41) is 1.92. The summed E-state index contributed by atoms with van der Waals surface area (Å²) in [5.41, 5.74) is 7.95. The number of hydrogen-bond donors (Lipinski definition) is 0. The van der Waals surface area contributed by atoms with Crippen molar-refractivity contribution in [3.63, 3.8) is 0 Å². The first-order chi connectivity index (χ1) is 12.1. The average molecular weight is 344 g/mol. The summed E-state index contributed by atoms with van der Waals surface area (Å²) < 4.78 is 0. The van der Waals surface area contributed by atoms with Crippen LogP contribution in [0.2, 0.25) is 5.02 Å². The molecule has 0 unspecified atom stereocenters. The molecule has 0 aliphatic carbocycles. The molecule has 0 aliphatic heterocycles. The SMILES string of the molecule is Cc1ccc(-c2cc(-c3ccc(Cl)cc3)nc3ccc(C)cc23)cc1. The molecule has 0 amide bonds. The summed E-state index contributed by atoms with van der Waals surface area (Å²) >= 11 is 6.03. The first-order valence-corrected chi connectivity index (χ1v) is 8.72. The van der Waals surface area contributed by atoms with Gasteiger partial charge in [-0.1, -0.05) is 65.2 Å². The summed E-state index contributed by atoms with van der Waals surface area (Å²) in [4.78, 5) is 4.88. The summed E-state index contributed by atoms with van der Waals surface area (Å²) in [7, 11) is 0. The Labute approximate surface area is 152 Å². The minimum absolute atomic E-state index is 0.735. The molecule has 0 saturated carbocycles. The lowest BCUT2D eigenvalue weighted by atomic mass is 9.97. The molecule has 1 heterocycles. The van der Waals surface area contributed by atoms with Crippen LogP contribution in [0.5, 0.6) is 0 Å². The lowest BCUT2D eigenvalue weighted by Gasteiger charge is -2.11. The number of hydrogen-bond acceptors (Lipinski definition) is 1. The maximum absolute atomic E-state index is 6.03. The molecule has 3 aromatic carbocycles.